The van der Waals surface area contributed by atoms with Gasteiger partial charge in [0.05, 0.1) is 19.8 Å². The van der Waals surface area contributed by atoms with Gasteiger partial charge in [-0.05, 0) is 40.6 Å². The molecule has 21 heavy (non-hydrogen) atoms. The number of benzene rings is 2. The number of hydrogen-bond acceptors (Lipinski definition) is 3. The molecule has 0 radical (unpaired) electrons. The number of rotatable bonds is 5. The van der Waals surface area contributed by atoms with E-state index in [-0.39, 0.29) is 5.78 Å². The van der Waals surface area contributed by atoms with E-state index in [2.05, 4.69) is 0 Å². The number of Topliss-reactive ketones (excluding diaryl/α,β-unsaturated/α-hetero) is 1. The molecule has 0 bridgehead atoms. The van der Waals surface area contributed by atoms with Crippen LogP contribution in [0.25, 0.3) is 10.8 Å². The first-order valence-corrected chi connectivity index (χ1v) is 6.86. The molecule has 0 fully saturated rings. The summed E-state index contributed by atoms with van der Waals surface area (Å²) in [6, 6.07) is 15.5. The van der Waals surface area contributed by atoms with Gasteiger partial charge in [0, 0.05) is 6.42 Å². The average molecular weight is 280 g/mol. The predicted octanol–water partition coefficient (Wildman–Crippen LogP) is 3.80. The Bertz CT molecular complexity index is 757. The van der Waals surface area contributed by atoms with Crippen LogP contribution >= 0.6 is 0 Å². The van der Waals surface area contributed by atoms with E-state index < -0.39 is 0 Å². The van der Waals surface area contributed by atoms with E-state index in [0.29, 0.717) is 18.6 Å². The summed E-state index contributed by atoms with van der Waals surface area (Å²) in [6.07, 6.45) is 2.31. The molecule has 0 amide bonds. The minimum Gasteiger partial charge on any atom is -0.497 e. The second-order valence-electron chi connectivity index (χ2n) is 4.98. The topological polar surface area (TPSA) is 39.4 Å². The molecule has 3 aromatic rings. The standard InChI is InChI=1S/C18H16O3/c1-20-16-8-7-13-4-2-5-14(18(13)12-16)10-15(19)11-17-6-3-9-21-17/h2-9,12H,10-11H2,1H3. The quantitative estimate of drug-likeness (QED) is 0.713. The zero-order chi connectivity index (χ0) is 14.7. The van der Waals surface area contributed by atoms with Gasteiger partial charge in [-0.15, -0.1) is 0 Å². The molecule has 3 nitrogen and oxygen atoms in total. The van der Waals surface area contributed by atoms with E-state index >= 15 is 0 Å². The van der Waals surface area contributed by atoms with Gasteiger partial charge < -0.3 is 9.15 Å². The van der Waals surface area contributed by atoms with Crippen molar-refractivity contribution < 1.29 is 13.9 Å². The zero-order valence-electron chi connectivity index (χ0n) is 11.8. The second kappa shape index (κ2) is 5.83. The van der Waals surface area contributed by atoms with Crippen LogP contribution in [-0.2, 0) is 17.6 Å². The Morgan fingerprint density at radius 1 is 1.10 bits per heavy atom. The monoisotopic (exact) mass is 280 g/mol. The van der Waals surface area contributed by atoms with Crippen LogP contribution in [0.15, 0.2) is 59.2 Å². The highest BCUT2D eigenvalue weighted by Gasteiger charge is 2.10. The molecular formula is C18H16O3. The van der Waals surface area contributed by atoms with Crippen molar-refractivity contribution in [1.29, 1.82) is 0 Å². The Kier molecular flexibility index (Phi) is 3.73. The van der Waals surface area contributed by atoms with Crippen molar-refractivity contribution in [3.05, 3.63) is 66.1 Å². The highest BCUT2D eigenvalue weighted by Crippen LogP contribution is 2.24. The minimum atomic E-state index is 0.139. The lowest BCUT2D eigenvalue weighted by molar-refractivity contribution is -0.118. The number of ether oxygens (including phenoxy) is 1. The van der Waals surface area contributed by atoms with Gasteiger partial charge in [0.1, 0.15) is 17.3 Å². The smallest absolute Gasteiger partial charge is 0.144 e. The third-order valence-corrected chi connectivity index (χ3v) is 3.52. The zero-order valence-corrected chi connectivity index (χ0v) is 11.8. The van der Waals surface area contributed by atoms with Crippen LogP contribution < -0.4 is 4.74 Å². The lowest BCUT2D eigenvalue weighted by Gasteiger charge is -2.08. The van der Waals surface area contributed by atoms with E-state index in [0.717, 1.165) is 22.1 Å². The predicted molar refractivity (Wildman–Crippen MR) is 81.6 cm³/mol. The van der Waals surface area contributed by atoms with Gasteiger partial charge in [-0.25, -0.2) is 0 Å². The summed E-state index contributed by atoms with van der Waals surface area (Å²) < 4.78 is 10.5. The average Bonchev–Trinajstić information content (AvgIpc) is 3.00. The van der Waals surface area contributed by atoms with Crippen molar-refractivity contribution in [2.45, 2.75) is 12.8 Å². The van der Waals surface area contributed by atoms with Crippen molar-refractivity contribution in [1.82, 2.24) is 0 Å². The summed E-state index contributed by atoms with van der Waals surface area (Å²) in [7, 11) is 1.64. The van der Waals surface area contributed by atoms with Crippen molar-refractivity contribution in [3.8, 4) is 5.75 Å². The van der Waals surface area contributed by atoms with E-state index in [9.17, 15) is 4.79 Å². The number of hydrogen-bond donors (Lipinski definition) is 0. The molecule has 0 saturated carbocycles. The summed E-state index contributed by atoms with van der Waals surface area (Å²) in [5.74, 6) is 1.64. The first-order chi connectivity index (χ1) is 10.3. The van der Waals surface area contributed by atoms with Crippen LogP contribution in [0.4, 0.5) is 0 Å². The van der Waals surface area contributed by atoms with Crippen LogP contribution in [0.1, 0.15) is 11.3 Å². The van der Waals surface area contributed by atoms with Crippen molar-refractivity contribution in [3.63, 3.8) is 0 Å². The number of ketones is 1. The molecule has 1 heterocycles. The van der Waals surface area contributed by atoms with Crippen molar-refractivity contribution in [2.24, 2.45) is 0 Å². The fourth-order valence-electron chi connectivity index (χ4n) is 2.48. The molecule has 0 atom stereocenters. The van der Waals surface area contributed by atoms with Crippen LogP contribution in [0.2, 0.25) is 0 Å². The first kappa shape index (κ1) is 13.4. The van der Waals surface area contributed by atoms with Gasteiger partial charge in [0.2, 0.25) is 0 Å². The van der Waals surface area contributed by atoms with Gasteiger partial charge in [0.15, 0.2) is 0 Å². The number of furan rings is 1. The van der Waals surface area contributed by atoms with E-state index in [4.69, 9.17) is 9.15 Å². The lowest BCUT2D eigenvalue weighted by atomic mass is 9.99. The molecule has 0 aliphatic heterocycles. The third kappa shape index (κ3) is 2.97. The minimum absolute atomic E-state index is 0.139. The Morgan fingerprint density at radius 3 is 2.76 bits per heavy atom. The van der Waals surface area contributed by atoms with Crippen molar-refractivity contribution >= 4 is 16.6 Å². The van der Waals surface area contributed by atoms with Gasteiger partial charge in [-0.3, -0.25) is 4.79 Å². The SMILES string of the molecule is COc1ccc2cccc(CC(=O)Cc3ccco3)c2c1. The lowest BCUT2D eigenvalue weighted by Crippen LogP contribution is -2.06. The molecule has 2 aromatic carbocycles. The highest BCUT2D eigenvalue weighted by molar-refractivity contribution is 5.92. The van der Waals surface area contributed by atoms with E-state index in [1.807, 2.05) is 42.5 Å². The molecule has 1 aromatic heterocycles. The van der Waals surface area contributed by atoms with Gasteiger partial charge >= 0.3 is 0 Å². The van der Waals surface area contributed by atoms with Gasteiger partial charge in [-0.2, -0.15) is 0 Å². The number of carbonyl (C=O) groups excluding carboxylic acids is 1. The maximum Gasteiger partial charge on any atom is 0.144 e. The normalized spacial score (nSPS) is 10.7. The second-order valence-corrected chi connectivity index (χ2v) is 4.98. The molecular weight excluding hydrogens is 264 g/mol. The molecule has 0 saturated heterocycles. The Balaban J connectivity index is 1.87. The molecule has 106 valence electrons. The van der Waals surface area contributed by atoms with Gasteiger partial charge in [0.25, 0.3) is 0 Å². The number of carbonyl (C=O) groups is 1. The largest absolute Gasteiger partial charge is 0.497 e. The molecule has 0 aliphatic carbocycles. The van der Waals surface area contributed by atoms with Crippen LogP contribution in [0.3, 0.4) is 0 Å². The van der Waals surface area contributed by atoms with Crippen LogP contribution in [0.5, 0.6) is 5.75 Å². The Hall–Kier alpha value is -2.55. The molecule has 0 spiro atoms. The summed E-state index contributed by atoms with van der Waals surface area (Å²) in [6.45, 7) is 0. The van der Waals surface area contributed by atoms with Crippen LogP contribution in [-0.4, -0.2) is 12.9 Å². The number of fused-ring (bicyclic) bond motifs is 1. The summed E-state index contributed by atoms with van der Waals surface area (Å²) >= 11 is 0. The molecule has 0 N–H and O–H groups in total. The molecule has 3 heteroatoms. The summed E-state index contributed by atoms with van der Waals surface area (Å²) in [5, 5.41) is 2.17. The summed E-state index contributed by atoms with van der Waals surface area (Å²) in [4.78, 5) is 12.2. The first-order valence-electron chi connectivity index (χ1n) is 6.86. The Labute approximate surface area is 123 Å². The fourth-order valence-corrected chi connectivity index (χ4v) is 2.48. The van der Waals surface area contributed by atoms with Gasteiger partial charge in [-0.1, -0.05) is 24.3 Å². The van der Waals surface area contributed by atoms with Crippen molar-refractivity contribution in [2.75, 3.05) is 7.11 Å². The summed E-state index contributed by atoms with van der Waals surface area (Å²) in [5.41, 5.74) is 1.02. The third-order valence-electron chi connectivity index (χ3n) is 3.52. The molecule has 0 unspecified atom stereocenters. The maximum atomic E-state index is 12.2. The maximum absolute atomic E-state index is 12.2. The van der Waals surface area contributed by atoms with Crippen LogP contribution in [0, 0.1) is 0 Å². The Morgan fingerprint density at radius 2 is 2.00 bits per heavy atom. The van der Waals surface area contributed by atoms with E-state index in [1.165, 1.54) is 0 Å². The molecule has 3 rings (SSSR count). The highest BCUT2D eigenvalue weighted by atomic mass is 16.5. The molecule has 0 aliphatic rings. The number of methoxy groups -OCH3 is 1. The fraction of sp³-hybridized carbons (Fsp3) is 0.167. The van der Waals surface area contributed by atoms with E-state index in [1.54, 1.807) is 19.4 Å².